The van der Waals surface area contributed by atoms with Crippen molar-refractivity contribution in [3.8, 4) is 0 Å². The molecular weight excluding hydrogens is 216 g/mol. The van der Waals surface area contributed by atoms with Crippen molar-refractivity contribution in [3.05, 3.63) is 30.3 Å². The van der Waals surface area contributed by atoms with Gasteiger partial charge < -0.3 is 15.3 Å². The molecule has 0 bridgehead atoms. The fraction of sp³-hybridized carbons (Fsp3) is 0.462. The van der Waals surface area contributed by atoms with Gasteiger partial charge in [0.25, 0.3) is 0 Å². The molecule has 2 rings (SSSR count). The molecule has 0 unspecified atom stereocenters. The van der Waals surface area contributed by atoms with Crippen molar-refractivity contribution >= 4 is 11.7 Å². The molecule has 1 aliphatic rings. The number of hydrogen-bond acceptors (Lipinski definition) is 3. The van der Waals surface area contributed by atoms with Gasteiger partial charge in [-0.05, 0) is 19.1 Å². The molecule has 1 aromatic carbocycles. The number of rotatable bonds is 3. The predicted molar refractivity (Wildman–Crippen MR) is 67.3 cm³/mol. The van der Waals surface area contributed by atoms with Crippen LogP contribution in [0.4, 0.5) is 5.69 Å². The van der Waals surface area contributed by atoms with Gasteiger partial charge in [-0.3, -0.25) is 4.79 Å². The van der Waals surface area contributed by atoms with Gasteiger partial charge in [-0.2, -0.15) is 0 Å². The number of nitrogens with one attached hydrogen (secondary N) is 1. The van der Waals surface area contributed by atoms with Crippen LogP contribution in [0, 0.1) is 0 Å². The minimum absolute atomic E-state index is 0.0265. The molecule has 2 atom stereocenters. The number of benzene rings is 1. The second kappa shape index (κ2) is 5.19. The normalized spacial score (nSPS) is 24.6. The van der Waals surface area contributed by atoms with E-state index in [4.69, 9.17) is 5.11 Å². The molecule has 4 heteroatoms. The molecule has 2 N–H and O–H groups in total. The third kappa shape index (κ3) is 2.77. The average Bonchev–Trinajstić information content (AvgIpc) is 2.29. The summed E-state index contributed by atoms with van der Waals surface area (Å²) in [6.07, 6.45) is 0.173. The van der Waals surface area contributed by atoms with Crippen molar-refractivity contribution in [1.29, 1.82) is 0 Å². The van der Waals surface area contributed by atoms with E-state index >= 15 is 0 Å². The maximum atomic E-state index is 10.9. The standard InChI is InChI=1S/C13H18N2O2/c1-10-8-14-9-12(7-13(16)17)15(10)11-5-3-2-4-6-11/h2-6,10,12,14H,7-9H2,1H3,(H,16,17)/t10-,12+/m1/s1. The Morgan fingerprint density at radius 2 is 2.12 bits per heavy atom. The second-order valence-electron chi connectivity index (χ2n) is 4.50. The largest absolute Gasteiger partial charge is 0.481 e. The maximum absolute atomic E-state index is 10.9. The summed E-state index contributed by atoms with van der Waals surface area (Å²) in [6, 6.07) is 10.4. The van der Waals surface area contributed by atoms with Crippen LogP contribution in [0.3, 0.4) is 0 Å². The fourth-order valence-electron chi connectivity index (χ4n) is 2.45. The van der Waals surface area contributed by atoms with Crippen LogP contribution in [0.2, 0.25) is 0 Å². The van der Waals surface area contributed by atoms with Gasteiger partial charge in [0.05, 0.1) is 12.5 Å². The number of hydrogen-bond donors (Lipinski definition) is 2. The van der Waals surface area contributed by atoms with Gasteiger partial charge in [0, 0.05) is 24.8 Å². The number of carboxylic acid groups (broad SMARTS) is 1. The van der Waals surface area contributed by atoms with E-state index in [-0.39, 0.29) is 12.5 Å². The summed E-state index contributed by atoms with van der Waals surface area (Å²) in [4.78, 5) is 13.1. The van der Waals surface area contributed by atoms with Crippen LogP contribution in [0.25, 0.3) is 0 Å². The van der Waals surface area contributed by atoms with E-state index in [0.717, 1.165) is 18.8 Å². The Balaban J connectivity index is 2.22. The molecule has 1 fully saturated rings. The number of anilines is 1. The number of nitrogens with zero attached hydrogens (tertiary/aromatic N) is 1. The van der Waals surface area contributed by atoms with Gasteiger partial charge in [0.15, 0.2) is 0 Å². The number of piperazine rings is 1. The molecule has 4 nitrogen and oxygen atoms in total. The minimum atomic E-state index is -0.744. The smallest absolute Gasteiger partial charge is 0.305 e. The highest BCUT2D eigenvalue weighted by Gasteiger charge is 2.29. The maximum Gasteiger partial charge on any atom is 0.305 e. The first-order valence-electron chi connectivity index (χ1n) is 5.94. The molecule has 0 amide bonds. The Labute approximate surface area is 101 Å². The van der Waals surface area contributed by atoms with E-state index < -0.39 is 5.97 Å². The van der Waals surface area contributed by atoms with Crippen molar-refractivity contribution in [3.63, 3.8) is 0 Å². The number of aliphatic carboxylic acids is 1. The molecular formula is C13H18N2O2. The summed E-state index contributed by atoms with van der Waals surface area (Å²) in [5.74, 6) is -0.744. The first-order chi connectivity index (χ1) is 8.18. The number of carboxylic acids is 1. The van der Waals surface area contributed by atoms with E-state index in [1.165, 1.54) is 0 Å². The third-order valence-electron chi connectivity index (χ3n) is 3.15. The van der Waals surface area contributed by atoms with Crippen molar-refractivity contribution in [2.24, 2.45) is 0 Å². The lowest BCUT2D eigenvalue weighted by molar-refractivity contribution is -0.137. The van der Waals surface area contributed by atoms with Crippen molar-refractivity contribution in [2.75, 3.05) is 18.0 Å². The van der Waals surface area contributed by atoms with E-state index in [2.05, 4.69) is 17.1 Å². The van der Waals surface area contributed by atoms with Crippen LogP contribution in [-0.2, 0) is 4.79 Å². The number of carbonyl (C=O) groups is 1. The van der Waals surface area contributed by atoms with Gasteiger partial charge in [-0.1, -0.05) is 18.2 Å². The van der Waals surface area contributed by atoms with Crippen LogP contribution < -0.4 is 10.2 Å². The Morgan fingerprint density at radius 3 is 2.76 bits per heavy atom. The molecule has 0 spiro atoms. The average molecular weight is 234 g/mol. The quantitative estimate of drug-likeness (QED) is 0.828. The number of para-hydroxylation sites is 1. The molecule has 0 aliphatic carbocycles. The molecule has 92 valence electrons. The molecule has 17 heavy (non-hydrogen) atoms. The van der Waals surface area contributed by atoms with Crippen LogP contribution in [-0.4, -0.2) is 36.2 Å². The van der Waals surface area contributed by atoms with Crippen LogP contribution in [0.1, 0.15) is 13.3 Å². The molecule has 0 aromatic heterocycles. The fourth-order valence-corrected chi connectivity index (χ4v) is 2.45. The zero-order chi connectivity index (χ0) is 12.3. The van der Waals surface area contributed by atoms with Gasteiger partial charge >= 0.3 is 5.97 Å². The van der Waals surface area contributed by atoms with Gasteiger partial charge in [-0.25, -0.2) is 0 Å². The van der Waals surface area contributed by atoms with Gasteiger partial charge in [0.1, 0.15) is 0 Å². The highest BCUT2D eigenvalue weighted by molar-refractivity contribution is 5.69. The monoisotopic (exact) mass is 234 g/mol. The lowest BCUT2D eigenvalue weighted by Crippen LogP contribution is -2.57. The molecule has 0 radical (unpaired) electrons. The molecule has 1 aromatic rings. The summed E-state index contributed by atoms with van der Waals surface area (Å²) in [5.41, 5.74) is 1.10. The summed E-state index contributed by atoms with van der Waals surface area (Å²) in [6.45, 7) is 3.74. The van der Waals surface area contributed by atoms with Crippen molar-refractivity contribution in [2.45, 2.75) is 25.4 Å². The molecule has 1 saturated heterocycles. The third-order valence-corrected chi connectivity index (χ3v) is 3.15. The minimum Gasteiger partial charge on any atom is -0.481 e. The Bertz CT molecular complexity index is 380. The van der Waals surface area contributed by atoms with Crippen LogP contribution in [0.5, 0.6) is 0 Å². The SMILES string of the molecule is C[C@@H]1CNC[C@H](CC(=O)O)N1c1ccccc1. The lowest BCUT2D eigenvalue weighted by atomic mass is 10.0. The van der Waals surface area contributed by atoms with Crippen molar-refractivity contribution in [1.82, 2.24) is 5.32 Å². The van der Waals surface area contributed by atoms with E-state index in [1.807, 2.05) is 30.3 Å². The highest BCUT2D eigenvalue weighted by Crippen LogP contribution is 2.23. The van der Waals surface area contributed by atoms with Gasteiger partial charge in [0.2, 0.25) is 0 Å². The highest BCUT2D eigenvalue weighted by atomic mass is 16.4. The zero-order valence-corrected chi connectivity index (χ0v) is 9.97. The summed E-state index contributed by atoms with van der Waals surface area (Å²) >= 11 is 0. The lowest BCUT2D eigenvalue weighted by Gasteiger charge is -2.42. The second-order valence-corrected chi connectivity index (χ2v) is 4.50. The van der Waals surface area contributed by atoms with Crippen LogP contribution in [0.15, 0.2) is 30.3 Å². The zero-order valence-electron chi connectivity index (χ0n) is 9.97. The first-order valence-corrected chi connectivity index (χ1v) is 5.94. The molecule has 0 saturated carbocycles. The van der Waals surface area contributed by atoms with Crippen LogP contribution >= 0.6 is 0 Å². The first kappa shape index (κ1) is 11.9. The summed E-state index contributed by atoms with van der Waals surface area (Å²) in [7, 11) is 0. The Kier molecular flexibility index (Phi) is 3.64. The molecule has 1 aliphatic heterocycles. The summed E-state index contributed by atoms with van der Waals surface area (Å²) in [5, 5.41) is 12.2. The Morgan fingerprint density at radius 1 is 1.41 bits per heavy atom. The van der Waals surface area contributed by atoms with E-state index in [0.29, 0.717) is 6.04 Å². The van der Waals surface area contributed by atoms with E-state index in [9.17, 15) is 4.79 Å². The summed E-state index contributed by atoms with van der Waals surface area (Å²) < 4.78 is 0. The van der Waals surface area contributed by atoms with Crippen molar-refractivity contribution < 1.29 is 9.90 Å². The van der Waals surface area contributed by atoms with Gasteiger partial charge in [-0.15, -0.1) is 0 Å². The van der Waals surface area contributed by atoms with E-state index in [1.54, 1.807) is 0 Å². The molecule has 1 heterocycles. The topological polar surface area (TPSA) is 52.6 Å². The predicted octanol–water partition coefficient (Wildman–Crippen LogP) is 1.33. The Hall–Kier alpha value is -1.55.